The van der Waals surface area contributed by atoms with Crippen molar-refractivity contribution in [3.8, 4) is 22.4 Å². The van der Waals surface area contributed by atoms with Crippen molar-refractivity contribution >= 4 is 16.8 Å². The number of anilines is 1. The molecule has 164 valence electrons. The van der Waals surface area contributed by atoms with Gasteiger partial charge < -0.3 is 9.73 Å². The Morgan fingerprint density at radius 2 is 1.70 bits per heavy atom. The van der Waals surface area contributed by atoms with E-state index in [1.54, 1.807) is 6.26 Å². The summed E-state index contributed by atoms with van der Waals surface area (Å²) in [5.74, 6) is 1.49. The van der Waals surface area contributed by atoms with Crippen LogP contribution in [0.1, 0.15) is 35.6 Å². The van der Waals surface area contributed by atoms with Gasteiger partial charge in [0.25, 0.3) is 0 Å². The Morgan fingerprint density at radius 1 is 0.848 bits per heavy atom. The predicted molar refractivity (Wildman–Crippen MR) is 131 cm³/mol. The van der Waals surface area contributed by atoms with Gasteiger partial charge in [-0.1, -0.05) is 6.07 Å². The van der Waals surface area contributed by atoms with Crippen LogP contribution >= 0.6 is 0 Å². The molecule has 1 atom stereocenters. The van der Waals surface area contributed by atoms with Gasteiger partial charge in [-0.2, -0.15) is 0 Å². The maximum Gasteiger partial charge on any atom is 0.134 e. The molecular formula is C27H25N5O. The number of fused-ring (bicyclic) bond motifs is 1. The van der Waals surface area contributed by atoms with Gasteiger partial charge in [0, 0.05) is 52.4 Å². The van der Waals surface area contributed by atoms with Gasteiger partial charge in [-0.3, -0.25) is 9.97 Å². The molecule has 1 N–H and O–H groups in total. The highest BCUT2D eigenvalue weighted by molar-refractivity contribution is 5.85. The monoisotopic (exact) mass is 435 g/mol. The number of hydrogen-bond donors (Lipinski definition) is 1. The SMILES string of the molecule is Cc1ccc(-c2cncc(C(C)Nc3cc(-c4ccc5occ(C)c5c4)nc(C)n3)c2)cn1. The molecule has 5 aromatic rings. The molecule has 0 aliphatic rings. The Bertz CT molecular complexity index is 1440. The van der Waals surface area contributed by atoms with Gasteiger partial charge in [-0.15, -0.1) is 0 Å². The topological polar surface area (TPSA) is 76.7 Å². The number of aromatic nitrogens is 4. The Morgan fingerprint density at radius 3 is 2.52 bits per heavy atom. The molecule has 1 unspecified atom stereocenters. The molecule has 0 spiro atoms. The van der Waals surface area contributed by atoms with E-state index < -0.39 is 0 Å². The molecule has 6 heteroatoms. The second-order valence-corrected chi connectivity index (χ2v) is 8.38. The van der Waals surface area contributed by atoms with Crippen LogP contribution in [0.4, 0.5) is 5.82 Å². The van der Waals surface area contributed by atoms with Crippen LogP contribution in [0.15, 0.2) is 71.7 Å². The van der Waals surface area contributed by atoms with Gasteiger partial charge in [0.15, 0.2) is 0 Å². The molecule has 5 rings (SSSR count). The van der Waals surface area contributed by atoms with Crippen molar-refractivity contribution < 1.29 is 4.42 Å². The first kappa shape index (κ1) is 20.8. The van der Waals surface area contributed by atoms with Gasteiger partial charge in [0.05, 0.1) is 18.0 Å². The van der Waals surface area contributed by atoms with Crippen molar-refractivity contribution in [3.05, 3.63) is 90.0 Å². The summed E-state index contributed by atoms with van der Waals surface area (Å²) >= 11 is 0. The fraction of sp³-hybridized carbons (Fsp3) is 0.185. The van der Waals surface area contributed by atoms with E-state index in [-0.39, 0.29) is 6.04 Å². The molecule has 6 nitrogen and oxygen atoms in total. The van der Waals surface area contributed by atoms with Gasteiger partial charge >= 0.3 is 0 Å². The van der Waals surface area contributed by atoms with E-state index in [4.69, 9.17) is 4.42 Å². The second kappa shape index (κ2) is 8.47. The average molecular weight is 436 g/mol. The minimum atomic E-state index is 0.0107. The standard InChI is InChI=1S/C27H25N5O/c1-16-15-33-26-8-7-20(10-24(16)26)25-11-27(32-19(4)31-25)30-18(3)22-9-23(13-28-12-22)21-6-5-17(2)29-14-21/h5-15,18H,1-4H3,(H,30,31,32). The summed E-state index contributed by atoms with van der Waals surface area (Å²) in [6.07, 6.45) is 7.41. The summed E-state index contributed by atoms with van der Waals surface area (Å²) < 4.78 is 5.58. The number of nitrogens with one attached hydrogen (secondary N) is 1. The van der Waals surface area contributed by atoms with E-state index in [1.165, 1.54) is 0 Å². The summed E-state index contributed by atoms with van der Waals surface area (Å²) in [4.78, 5) is 18.1. The van der Waals surface area contributed by atoms with Gasteiger partial charge in [-0.25, -0.2) is 9.97 Å². The van der Waals surface area contributed by atoms with Crippen LogP contribution in [0.2, 0.25) is 0 Å². The first-order valence-corrected chi connectivity index (χ1v) is 10.9. The third-order valence-corrected chi connectivity index (χ3v) is 5.77. The molecule has 0 saturated carbocycles. The average Bonchev–Trinajstić information content (AvgIpc) is 3.19. The zero-order chi connectivity index (χ0) is 22.9. The number of rotatable bonds is 5. The lowest BCUT2D eigenvalue weighted by Crippen LogP contribution is -2.09. The number of hydrogen-bond acceptors (Lipinski definition) is 6. The fourth-order valence-electron chi connectivity index (χ4n) is 3.90. The highest BCUT2D eigenvalue weighted by atomic mass is 16.3. The zero-order valence-electron chi connectivity index (χ0n) is 19.1. The van der Waals surface area contributed by atoms with Crippen molar-refractivity contribution in [2.24, 2.45) is 0 Å². The molecule has 0 amide bonds. The summed E-state index contributed by atoms with van der Waals surface area (Å²) in [6.45, 7) is 8.04. The first-order chi connectivity index (χ1) is 16.0. The van der Waals surface area contributed by atoms with E-state index >= 15 is 0 Å². The minimum Gasteiger partial charge on any atom is -0.464 e. The third kappa shape index (κ3) is 4.32. The lowest BCUT2D eigenvalue weighted by molar-refractivity contribution is 0.613. The Kier molecular flexibility index (Phi) is 5.34. The molecule has 33 heavy (non-hydrogen) atoms. The normalized spacial score (nSPS) is 12.1. The summed E-state index contributed by atoms with van der Waals surface area (Å²) in [5, 5.41) is 4.61. The van der Waals surface area contributed by atoms with Crippen LogP contribution in [-0.2, 0) is 0 Å². The predicted octanol–water partition coefficient (Wildman–Crippen LogP) is 6.45. The van der Waals surface area contributed by atoms with Crippen molar-refractivity contribution in [1.82, 2.24) is 19.9 Å². The van der Waals surface area contributed by atoms with Gasteiger partial charge in [0.1, 0.15) is 17.2 Å². The number of pyridine rings is 2. The van der Waals surface area contributed by atoms with Crippen LogP contribution in [0.5, 0.6) is 0 Å². The van der Waals surface area contributed by atoms with E-state index in [2.05, 4.69) is 50.4 Å². The highest BCUT2D eigenvalue weighted by Crippen LogP contribution is 2.29. The Hall–Kier alpha value is -4.06. The molecule has 4 heterocycles. The molecule has 0 aliphatic heterocycles. The quantitative estimate of drug-likeness (QED) is 0.342. The van der Waals surface area contributed by atoms with Gasteiger partial charge in [-0.05, 0) is 69.2 Å². The molecule has 1 aromatic carbocycles. The largest absolute Gasteiger partial charge is 0.464 e. The lowest BCUT2D eigenvalue weighted by Gasteiger charge is -2.16. The fourth-order valence-corrected chi connectivity index (χ4v) is 3.90. The van der Waals surface area contributed by atoms with Crippen LogP contribution in [0.3, 0.4) is 0 Å². The van der Waals surface area contributed by atoms with Crippen molar-refractivity contribution in [3.63, 3.8) is 0 Å². The smallest absolute Gasteiger partial charge is 0.134 e. The van der Waals surface area contributed by atoms with E-state index in [0.29, 0.717) is 5.82 Å². The van der Waals surface area contributed by atoms with Crippen LogP contribution < -0.4 is 5.32 Å². The number of benzene rings is 1. The molecule has 0 radical (unpaired) electrons. The molecule has 0 fully saturated rings. The summed E-state index contributed by atoms with van der Waals surface area (Å²) in [5.41, 5.74) is 8.05. The number of aryl methyl sites for hydroxylation is 3. The maximum atomic E-state index is 5.58. The molecule has 0 bridgehead atoms. The molecular weight excluding hydrogens is 410 g/mol. The maximum absolute atomic E-state index is 5.58. The Labute approximate surface area is 192 Å². The zero-order valence-corrected chi connectivity index (χ0v) is 19.1. The van der Waals surface area contributed by atoms with Gasteiger partial charge in [0.2, 0.25) is 0 Å². The van der Waals surface area contributed by atoms with Crippen LogP contribution in [0, 0.1) is 20.8 Å². The van der Waals surface area contributed by atoms with Crippen molar-refractivity contribution in [1.29, 1.82) is 0 Å². The van der Waals surface area contributed by atoms with E-state index in [9.17, 15) is 0 Å². The minimum absolute atomic E-state index is 0.0107. The molecule has 0 aliphatic carbocycles. The van der Waals surface area contributed by atoms with Crippen LogP contribution in [-0.4, -0.2) is 19.9 Å². The number of furan rings is 1. The Balaban J connectivity index is 1.42. The van der Waals surface area contributed by atoms with Crippen molar-refractivity contribution in [2.45, 2.75) is 33.7 Å². The number of nitrogens with zero attached hydrogens (tertiary/aromatic N) is 4. The molecule has 0 saturated heterocycles. The molecule has 4 aromatic heterocycles. The van der Waals surface area contributed by atoms with E-state index in [1.807, 2.05) is 63.6 Å². The second-order valence-electron chi connectivity index (χ2n) is 8.38. The van der Waals surface area contributed by atoms with Crippen LogP contribution in [0.25, 0.3) is 33.4 Å². The highest BCUT2D eigenvalue weighted by Gasteiger charge is 2.12. The van der Waals surface area contributed by atoms with Crippen molar-refractivity contribution in [2.75, 3.05) is 5.32 Å². The third-order valence-electron chi connectivity index (χ3n) is 5.77. The lowest BCUT2D eigenvalue weighted by atomic mass is 10.0. The van der Waals surface area contributed by atoms with E-state index in [0.717, 1.165) is 56.0 Å². The first-order valence-electron chi connectivity index (χ1n) is 10.9. The summed E-state index contributed by atoms with van der Waals surface area (Å²) in [6, 6.07) is 14.4. The summed E-state index contributed by atoms with van der Waals surface area (Å²) in [7, 11) is 0.